The topological polar surface area (TPSA) is 104 Å². The van der Waals surface area contributed by atoms with E-state index in [0.29, 0.717) is 5.16 Å². The van der Waals surface area contributed by atoms with E-state index in [-0.39, 0.29) is 5.17 Å². The molecule has 0 spiro atoms. The lowest BCUT2D eigenvalue weighted by molar-refractivity contribution is 0.881. The Bertz CT molecular complexity index is 191. The normalized spacial score (nSPS) is 9.33. The summed E-state index contributed by atoms with van der Waals surface area (Å²) < 4.78 is 0. The van der Waals surface area contributed by atoms with Gasteiger partial charge < -0.3 is 5.73 Å². The third kappa shape index (κ3) is 1.68. The lowest BCUT2D eigenvalue weighted by atomic mass is 11.4. The van der Waals surface area contributed by atoms with Crippen LogP contribution in [0.25, 0.3) is 0 Å². The van der Waals surface area contributed by atoms with Crippen molar-refractivity contribution in [2.45, 2.75) is 5.16 Å². The van der Waals surface area contributed by atoms with Crippen molar-refractivity contribution >= 4 is 16.9 Å². The first-order valence-electron chi connectivity index (χ1n) is 2.04. The van der Waals surface area contributed by atoms with Crippen LogP contribution in [0.4, 0.5) is 0 Å². The van der Waals surface area contributed by atoms with Crippen molar-refractivity contribution in [2.24, 2.45) is 5.73 Å². The summed E-state index contributed by atoms with van der Waals surface area (Å²) in [6.45, 7) is 0. The van der Waals surface area contributed by atoms with Gasteiger partial charge in [0.15, 0.2) is 5.17 Å². The number of nitrogens with two attached hydrogens (primary N) is 1. The molecule has 0 unspecified atom stereocenters. The molecule has 6 nitrogen and oxygen atoms in total. The van der Waals surface area contributed by atoms with Crippen LogP contribution in [0.1, 0.15) is 0 Å². The quantitative estimate of drug-likeness (QED) is 0.271. The first-order valence-corrected chi connectivity index (χ1v) is 2.86. The van der Waals surface area contributed by atoms with E-state index in [4.69, 9.17) is 11.1 Å². The molecule has 1 rings (SSSR count). The Labute approximate surface area is 54.7 Å². The standard InChI is InChI=1S/C2H4N6S/c3-1(4)9-2-5-7-8-6-2/h(H3,3,4)(H,5,6,7,8). The van der Waals surface area contributed by atoms with Crippen molar-refractivity contribution in [3.63, 3.8) is 0 Å². The van der Waals surface area contributed by atoms with Gasteiger partial charge in [0.1, 0.15) is 0 Å². The molecule has 9 heavy (non-hydrogen) atoms. The molecule has 4 N–H and O–H groups in total. The molecule has 1 aromatic rings. The van der Waals surface area contributed by atoms with Crippen LogP contribution in [0.15, 0.2) is 5.16 Å². The number of aromatic nitrogens is 4. The molecule has 0 radical (unpaired) electrons. The predicted molar refractivity (Wildman–Crippen MR) is 31.9 cm³/mol. The number of hydrogen-bond acceptors (Lipinski definition) is 5. The van der Waals surface area contributed by atoms with E-state index in [1.165, 1.54) is 0 Å². The molecule has 48 valence electrons. The average Bonchev–Trinajstić information content (AvgIpc) is 2.15. The highest BCUT2D eigenvalue weighted by molar-refractivity contribution is 8.13. The summed E-state index contributed by atoms with van der Waals surface area (Å²) in [5.41, 5.74) is 5.01. The van der Waals surface area contributed by atoms with E-state index in [0.717, 1.165) is 11.8 Å². The van der Waals surface area contributed by atoms with Crippen molar-refractivity contribution in [3.8, 4) is 0 Å². The fraction of sp³-hybridized carbons (Fsp3) is 0. The Balaban J connectivity index is 2.58. The average molecular weight is 144 g/mol. The van der Waals surface area contributed by atoms with Gasteiger partial charge in [-0.15, -0.1) is 10.2 Å². The van der Waals surface area contributed by atoms with Crippen LogP contribution in [0.2, 0.25) is 0 Å². The van der Waals surface area contributed by atoms with Crippen molar-refractivity contribution in [1.82, 2.24) is 20.6 Å². The van der Waals surface area contributed by atoms with Gasteiger partial charge in [0.25, 0.3) is 0 Å². The molecule has 7 heteroatoms. The van der Waals surface area contributed by atoms with E-state index >= 15 is 0 Å². The minimum Gasteiger partial charge on any atom is -0.378 e. The van der Waals surface area contributed by atoms with Gasteiger partial charge in [-0.2, -0.15) is 5.21 Å². The van der Waals surface area contributed by atoms with Crippen molar-refractivity contribution in [3.05, 3.63) is 0 Å². The van der Waals surface area contributed by atoms with Crippen LogP contribution in [-0.2, 0) is 0 Å². The summed E-state index contributed by atoms with van der Waals surface area (Å²) in [7, 11) is 0. The number of thioether (sulfide) groups is 1. The van der Waals surface area contributed by atoms with Gasteiger partial charge >= 0.3 is 0 Å². The van der Waals surface area contributed by atoms with Crippen LogP contribution < -0.4 is 5.73 Å². The van der Waals surface area contributed by atoms with Gasteiger partial charge in [0.2, 0.25) is 5.16 Å². The van der Waals surface area contributed by atoms with Gasteiger partial charge in [-0.05, 0) is 17.0 Å². The molecule has 0 aliphatic heterocycles. The molecule has 0 amide bonds. The monoisotopic (exact) mass is 144 g/mol. The van der Waals surface area contributed by atoms with Crippen molar-refractivity contribution in [2.75, 3.05) is 0 Å². The summed E-state index contributed by atoms with van der Waals surface area (Å²) in [5.74, 6) is 0. The minimum atomic E-state index is -0.0450. The van der Waals surface area contributed by atoms with Crippen molar-refractivity contribution in [1.29, 1.82) is 5.41 Å². The van der Waals surface area contributed by atoms with Crippen LogP contribution in [0.3, 0.4) is 0 Å². The summed E-state index contributed by atoms with van der Waals surface area (Å²) in [5, 5.41) is 19.7. The second-order valence-corrected chi connectivity index (χ2v) is 2.17. The Hall–Kier alpha value is -1.11. The largest absolute Gasteiger partial charge is 0.378 e. The van der Waals surface area contributed by atoms with E-state index in [1.54, 1.807) is 0 Å². The van der Waals surface area contributed by atoms with E-state index in [1.807, 2.05) is 0 Å². The molecule has 0 fully saturated rings. The SMILES string of the molecule is N=C(N)Sc1nn[nH]n1. The second kappa shape index (κ2) is 2.44. The maximum Gasteiger partial charge on any atom is 0.238 e. The highest BCUT2D eigenvalue weighted by Crippen LogP contribution is 2.06. The lowest BCUT2D eigenvalue weighted by Crippen LogP contribution is -2.03. The van der Waals surface area contributed by atoms with Crippen LogP contribution in [-0.4, -0.2) is 25.8 Å². The zero-order chi connectivity index (χ0) is 6.69. The van der Waals surface area contributed by atoms with Gasteiger partial charge in [-0.25, -0.2) is 0 Å². The third-order valence-electron chi connectivity index (χ3n) is 0.527. The van der Waals surface area contributed by atoms with Crippen LogP contribution >= 0.6 is 11.8 Å². The van der Waals surface area contributed by atoms with Crippen LogP contribution in [0, 0.1) is 5.41 Å². The van der Waals surface area contributed by atoms with Gasteiger partial charge in [0.05, 0.1) is 0 Å². The second-order valence-electron chi connectivity index (χ2n) is 1.16. The fourth-order valence-corrected chi connectivity index (χ4v) is 0.659. The summed E-state index contributed by atoms with van der Waals surface area (Å²) in [4.78, 5) is 0. The smallest absolute Gasteiger partial charge is 0.238 e. The lowest BCUT2D eigenvalue weighted by Gasteiger charge is -1.85. The Morgan fingerprint density at radius 3 is 3.00 bits per heavy atom. The minimum absolute atomic E-state index is 0.0450. The molecule has 0 aliphatic carbocycles. The van der Waals surface area contributed by atoms with Gasteiger partial charge in [-0.1, -0.05) is 0 Å². The molecule has 0 saturated heterocycles. The number of nitrogens with zero attached hydrogens (tertiary/aromatic N) is 3. The highest BCUT2D eigenvalue weighted by atomic mass is 32.2. The number of H-pyrrole nitrogens is 1. The number of hydrogen-bond donors (Lipinski definition) is 3. The van der Waals surface area contributed by atoms with E-state index in [2.05, 4.69) is 20.6 Å². The number of amidine groups is 1. The molecule has 0 bridgehead atoms. The van der Waals surface area contributed by atoms with Crippen LogP contribution in [0.5, 0.6) is 0 Å². The van der Waals surface area contributed by atoms with E-state index < -0.39 is 0 Å². The molecule has 0 aliphatic rings. The third-order valence-corrected chi connectivity index (χ3v) is 1.10. The Morgan fingerprint density at radius 1 is 1.78 bits per heavy atom. The van der Waals surface area contributed by atoms with Crippen molar-refractivity contribution < 1.29 is 0 Å². The Morgan fingerprint density at radius 2 is 2.56 bits per heavy atom. The zero-order valence-electron chi connectivity index (χ0n) is 4.33. The number of rotatable bonds is 1. The molecule has 0 saturated carbocycles. The number of nitrogens with one attached hydrogen (secondary N) is 2. The summed E-state index contributed by atoms with van der Waals surface area (Å²) >= 11 is 0.950. The Kier molecular flexibility index (Phi) is 1.63. The molecule has 1 aromatic heterocycles. The maximum absolute atomic E-state index is 6.79. The highest BCUT2D eigenvalue weighted by Gasteiger charge is 1.98. The molecule has 0 aromatic carbocycles. The zero-order valence-corrected chi connectivity index (χ0v) is 5.14. The maximum atomic E-state index is 6.79. The van der Waals surface area contributed by atoms with Gasteiger partial charge in [-0.3, -0.25) is 5.41 Å². The molecule has 1 heterocycles. The first-order chi connectivity index (χ1) is 4.29. The molecular formula is C2H4N6S. The first kappa shape index (κ1) is 6.02. The fourth-order valence-electron chi connectivity index (χ4n) is 0.294. The summed E-state index contributed by atoms with van der Waals surface area (Å²) in [6.07, 6.45) is 0. The predicted octanol–water partition coefficient (Wildman–Crippen LogP) is -0.815. The summed E-state index contributed by atoms with van der Waals surface area (Å²) in [6, 6.07) is 0. The number of tetrazole rings is 1. The van der Waals surface area contributed by atoms with E-state index in [9.17, 15) is 0 Å². The number of aromatic amines is 1. The molecule has 0 atom stereocenters. The molecular weight excluding hydrogens is 140 g/mol. The van der Waals surface area contributed by atoms with Gasteiger partial charge in [0, 0.05) is 0 Å².